The van der Waals surface area contributed by atoms with Gasteiger partial charge in [-0.25, -0.2) is 0 Å². The average Bonchev–Trinajstić information content (AvgIpc) is 3.09. The summed E-state index contributed by atoms with van der Waals surface area (Å²) in [7, 11) is 0. The van der Waals surface area contributed by atoms with Crippen LogP contribution in [-0.2, 0) is 14.3 Å². The van der Waals surface area contributed by atoms with Gasteiger partial charge in [-0.15, -0.1) is 11.6 Å². The molecule has 152 valence electrons. The minimum absolute atomic E-state index is 0.0515. The third kappa shape index (κ3) is 4.98. The number of hydrogen-bond acceptors (Lipinski definition) is 4. The van der Waals surface area contributed by atoms with Crippen molar-refractivity contribution in [3.63, 3.8) is 0 Å². The smallest absolute Gasteiger partial charge is 0.312 e. The predicted octanol–water partition coefficient (Wildman–Crippen LogP) is 4.42. The third-order valence-corrected chi connectivity index (χ3v) is 5.39. The molecule has 2 aromatic carbocycles. The lowest BCUT2D eigenvalue weighted by Gasteiger charge is -2.20. The number of rotatable bonds is 7. The summed E-state index contributed by atoms with van der Waals surface area (Å²) in [4.78, 5) is 39.5. The Labute approximate surface area is 179 Å². The van der Waals surface area contributed by atoms with Gasteiger partial charge in [0.2, 0.25) is 11.7 Å². The Morgan fingerprint density at radius 1 is 1.17 bits per heavy atom. The van der Waals surface area contributed by atoms with E-state index in [-0.39, 0.29) is 37.0 Å². The first-order valence-electron chi connectivity index (χ1n) is 9.33. The van der Waals surface area contributed by atoms with Crippen LogP contribution in [0.3, 0.4) is 0 Å². The Morgan fingerprint density at radius 3 is 2.52 bits per heavy atom. The van der Waals surface area contributed by atoms with Gasteiger partial charge in [0.15, 0.2) is 6.10 Å². The van der Waals surface area contributed by atoms with E-state index >= 15 is 0 Å². The van der Waals surface area contributed by atoms with Crippen molar-refractivity contribution in [2.45, 2.75) is 25.9 Å². The molecular formula is C22H21Cl2NO4. The van der Waals surface area contributed by atoms with Crippen molar-refractivity contribution in [2.24, 2.45) is 5.92 Å². The number of esters is 1. The van der Waals surface area contributed by atoms with E-state index in [4.69, 9.17) is 27.9 Å². The summed E-state index contributed by atoms with van der Waals surface area (Å²) in [6, 6.07) is 13.9. The molecule has 0 bridgehead atoms. The van der Waals surface area contributed by atoms with Crippen LogP contribution in [0.25, 0.3) is 0 Å². The second kappa shape index (κ2) is 9.42. The molecule has 0 spiro atoms. The van der Waals surface area contributed by atoms with Crippen molar-refractivity contribution >= 4 is 46.5 Å². The lowest BCUT2D eigenvalue weighted by atomic mass is 10.0. The molecule has 1 amide bonds. The maximum Gasteiger partial charge on any atom is 0.312 e. The van der Waals surface area contributed by atoms with E-state index < -0.39 is 18.0 Å². The van der Waals surface area contributed by atoms with Crippen LogP contribution in [0, 0.1) is 12.8 Å². The first-order valence-corrected chi connectivity index (χ1v) is 10.2. The van der Waals surface area contributed by atoms with Gasteiger partial charge in [-0.1, -0.05) is 29.8 Å². The van der Waals surface area contributed by atoms with Gasteiger partial charge in [0.05, 0.1) is 5.92 Å². The highest BCUT2D eigenvalue weighted by Gasteiger charge is 2.38. The molecule has 0 aliphatic carbocycles. The molecule has 0 aromatic heterocycles. The highest BCUT2D eigenvalue weighted by molar-refractivity contribution is 6.30. The molecule has 0 saturated carbocycles. The van der Waals surface area contributed by atoms with Gasteiger partial charge in [0, 0.05) is 41.5 Å². The van der Waals surface area contributed by atoms with E-state index in [1.165, 1.54) is 0 Å². The van der Waals surface area contributed by atoms with Crippen LogP contribution in [0.15, 0.2) is 48.5 Å². The van der Waals surface area contributed by atoms with E-state index in [0.717, 1.165) is 11.3 Å². The molecule has 1 fully saturated rings. The molecule has 0 N–H and O–H groups in total. The molecule has 3 rings (SSSR count). The number of Topliss-reactive ketones (excluding diaryl/α,β-unsaturated/α-hetero) is 1. The second-order valence-electron chi connectivity index (χ2n) is 6.97. The molecule has 2 atom stereocenters. The van der Waals surface area contributed by atoms with Crippen LogP contribution in [-0.4, -0.2) is 36.2 Å². The van der Waals surface area contributed by atoms with Crippen molar-refractivity contribution in [3.05, 3.63) is 64.7 Å². The van der Waals surface area contributed by atoms with Crippen LogP contribution in [0.4, 0.5) is 5.69 Å². The zero-order valence-electron chi connectivity index (χ0n) is 15.9. The first kappa shape index (κ1) is 21.3. The lowest BCUT2D eigenvalue weighted by molar-refractivity contribution is -0.151. The Balaban J connectivity index is 1.70. The average molecular weight is 434 g/mol. The van der Waals surface area contributed by atoms with E-state index in [2.05, 4.69) is 0 Å². The number of aryl methyl sites for hydroxylation is 1. The van der Waals surface area contributed by atoms with E-state index in [1.807, 2.05) is 31.2 Å². The minimum Gasteiger partial charge on any atom is -0.454 e. The number of ether oxygens (including phenoxy) is 1. The SMILES string of the molecule is Cc1ccccc1N1C[C@@H](C(=O)O[C@@H](CCCl)C(=O)c2ccc(Cl)cc2)CC1=O. The Bertz CT molecular complexity index is 913. The number of ketones is 1. The maximum absolute atomic E-state index is 12.7. The molecule has 1 aliphatic heterocycles. The molecule has 1 saturated heterocycles. The van der Waals surface area contributed by atoms with E-state index in [9.17, 15) is 14.4 Å². The van der Waals surface area contributed by atoms with Gasteiger partial charge in [-0.05, 0) is 42.8 Å². The fraction of sp³-hybridized carbons (Fsp3) is 0.318. The molecule has 5 nitrogen and oxygen atoms in total. The van der Waals surface area contributed by atoms with Gasteiger partial charge in [-0.3, -0.25) is 14.4 Å². The molecule has 29 heavy (non-hydrogen) atoms. The fourth-order valence-corrected chi connectivity index (χ4v) is 3.67. The number of nitrogens with zero attached hydrogens (tertiary/aromatic N) is 1. The summed E-state index contributed by atoms with van der Waals surface area (Å²) in [5.74, 6) is -1.50. The Morgan fingerprint density at radius 2 is 1.86 bits per heavy atom. The summed E-state index contributed by atoms with van der Waals surface area (Å²) >= 11 is 11.7. The number of anilines is 1. The van der Waals surface area contributed by atoms with Gasteiger partial charge < -0.3 is 9.64 Å². The van der Waals surface area contributed by atoms with Crippen molar-refractivity contribution < 1.29 is 19.1 Å². The zero-order valence-corrected chi connectivity index (χ0v) is 17.4. The van der Waals surface area contributed by atoms with Gasteiger partial charge >= 0.3 is 5.97 Å². The normalized spacial score (nSPS) is 17.3. The number of amides is 1. The second-order valence-corrected chi connectivity index (χ2v) is 7.78. The largest absolute Gasteiger partial charge is 0.454 e. The first-order chi connectivity index (χ1) is 13.9. The van der Waals surface area contributed by atoms with E-state index in [1.54, 1.807) is 29.2 Å². The van der Waals surface area contributed by atoms with Crippen molar-refractivity contribution in [1.29, 1.82) is 0 Å². The number of alkyl halides is 1. The number of carbonyl (C=O) groups excluding carboxylic acids is 3. The predicted molar refractivity (Wildman–Crippen MR) is 113 cm³/mol. The van der Waals surface area contributed by atoms with Crippen molar-refractivity contribution in [3.8, 4) is 0 Å². The van der Waals surface area contributed by atoms with Crippen LogP contribution in [0.5, 0.6) is 0 Å². The van der Waals surface area contributed by atoms with Gasteiger partial charge in [0.25, 0.3) is 0 Å². The number of hydrogen-bond donors (Lipinski definition) is 0. The molecule has 0 unspecified atom stereocenters. The van der Waals surface area contributed by atoms with E-state index in [0.29, 0.717) is 10.6 Å². The third-order valence-electron chi connectivity index (χ3n) is 4.92. The molecular weight excluding hydrogens is 413 g/mol. The molecule has 7 heteroatoms. The van der Waals surface area contributed by atoms with Gasteiger partial charge in [0.1, 0.15) is 0 Å². The van der Waals surface area contributed by atoms with Gasteiger partial charge in [-0.2, -0.15) is 0 Å². The summed E-state index contributed by atoms with van der Waals surface area (Å²) in [5.41, 5.74) is 2.12. The number of halogens is 2. The fourth-order valence-electron chi connectivity index (χ4n) is 3.34. The summed E-state index contributed by atoms with van der Waals surface area (Å²) < 4.78 is 5.50. The number of benzene rings is 2. The van der Waals surface area contributed by atoms with Crippen molar-refractivity contribution in [1.82, 2.24) is 0 Å². The number of carbonyl (C=O) groups is 3. The quantitative estimate of drug-likeness (QED) is 0.368. The summed E-state index contributed by atoms with van der Waals surface area (Å²) in [5, 5.41) is 0.508. The van der Waals surface area contributed by atoms with Crippen molar-refractivity contribution in [2.75, 3.05) is 17.3 Å². The monoisotopic (exact) mass is 433 g/mol. The van der Waals surface area contributed by atoms with Crippen LogP contribution < -0.4 is 4.90 Å². The molecule has 2 aromatic rings. The Kier molecular flexibility index (Phi) is 6.93. The number of para-hydroxylation sites is 1. The lowest BCUT2D eigenvalue weighted by Crippen LogP contribution is -2.32. The zero-order chi connectivity index (χ0) is 21.0. The van der Waals surface area contributed by atoms with Crippen LogP contribution >= 0.6 is 23.2 Å². The summed E-state index contributed by atoms with van der Waals surface area (Å²) in [6.45, 7) is 2.14. The van der Waals surface area contributed by atoms with Crippen LogP contribution in [0.1, 0.15) is 28.8 Å². The standard InChI is InChI=1S/C22H21Cl2NO4/c1-14-4-2-3-5-18(14)25-13-16(12-20(25)26)22(28)29-19(10-11-23)21(27)15-6-8-17(24)9-7-15/h2-9,16,19H,10-13H2,1H3/t16-,19-/m0/s1. The molecule has 1 aliphatic rings. The van der Waals surface area contributed by atoms with Crippen LogP contribution in [0.2, 0.25) is 5.02 Å². The maximum atomic E-state index is 12.7. The topological polar surface area (TPSA) is 63.7 Å². The summed E-state index contributed by atoms with van der Waals surface area (Å²) in [6.07, 6.45) is -0.754. The molecule has 1 heterocycles. The minimum atomic E-state index is -0.996. The Hall–Kier alpha value is -2.37. The highest BCUT2D eigenvalue weighted by atomic mass is 35.5. The highest BCUT2D eigenvalue weighted by Crippen LogP contribution is 2.29. The molecule has 0 radical (unpaired) electrons.